The largest absolute Gasteiger partial charge is 0.484 e. The van der Waals surface area contributed by atoms with Crippen LogP contribution in [0.15, 0.2) is 48.5 Å². The zero-order chi connectivity index (χ0) is 20.9. The molecule has 1 aliphatic heterocycles. The minimum atomic E-state index is -0.361. The fourth-order valence-corrected chi connectivity index (χ4v) is 3.41. The van der Waals surface area contributed by atoms with Gasteiger partial charge in [-0.1, -0.05) is 18.2 Å². The second kappa shape index (κ2) is 8.96. The molecule has 0 aliphatic carbocycles. The van der Waals surface area contributed by atoms with E-state index in [4.69, 9.17) is 9.47 Å². The topological polar surface area (TPSA) is 94.5 Å². The van der Waals surface area contributed by atoms with Crippen molar-refractivity contribution < 1.29 is 19.1 Å². The van der Waals surface area contributed by atoms with Crippen molar-refractivity contribution >= 4 is 28.5 Å². The lowest BCUT2D eigenvalue weighted by molar-refractivity contribution is -0.130. The quantitative estimate of drug-likeness (QED) is 0.626. The molecule has 0 saturated carbocycles. The summed E-state index contributed by atoms with van der Waals surface area (Å²) in [5.74, 6) is 1.01. The van der Waals surface area contributed by atoms with Gasteiger partial charge in [0, 0.05) is 19.3 Å². The number of anilines is 1. The Morgan fingerprint density at radius 2 is 2.07 bits per heavy atom. The molecule has 30 heavy (non-hydrogen) atoms. The Bertz CT molecular complexity index is 1040. The van der Waals surface area contributed by atoms with Crippen LogP contribution in [0, 0.1) is 0 Å². The van der Waals surface area contributed by atoms with Crippen LogP contribution in [-0.4, -0.2) is 40.7 Å². The molecule has 1 fully saturated rings. The van der Waals surface area contributed by atoms with Crippen LogP contribution in [-0.2, 0) is 27.9 Å². The summed E-state index contributed by atoms with van der Waals surface area (Å²) in [5, 5.41) is 5.71. The number of carbonyl (C=O) groups is 2. The predicted molar refractivity (Wildman–Crippen MR) is 112 cm³/mol. The Morgan fingerprint density at radius 1 is 1.23 bits per heavy atom. The molecule has 1 aliphatic rings. The molecule has 2 aromatic carbocycles. The van der Waals surface area contributed by atoms with Gasteiger partial charge in [-0.2, -0.15) is 0 Å². The summed E-state index contributed by atoms with van der Waals surface area (Å²) in [4.78, 5) is 28.9. The Hall–Kier alpha value is -3.39. The number of rotatable bonds is 7. The highest BCUT2D eigenvalue weighted by atomic mass is 16.5. The lowest BCUT2D eigenvalue weighted by Crippen LogP contribution is -2.34. The van der Waals surface area contributed by atoms with Crippen molar-refractivity contribution in [3.63, 3.8) is 0 Å². The molecule has 8 nitrogen and oxygen atoms in total. The Morgan fingerprint density at radius 3 is 2.83 bits per heavy atom. The van der Waals surface area contributed by atoms with E-state index in [2.05, 4.69) is 15.6 Å². The molecule has 156 valence electrons. The Labute approximate surface area is 174 Å². The molecule has 2 N–H and O–H groups in total. The smallest absolute Gasteiger partial charge is 0.262 e. The van der Waals surface area contributed by atoms with Crippen LogP contribution >= 0.6 is 0 Å². The van der Waals surface area contributed by atoms with Crippen LogP contribution in [0.5, 0.6) is 5.75 Å². The third-order valence-corrected chi connectivity index (χ3v) is 5.01. The molecule has 4 rings (SSSR count). The van der Waals surface area contributed by atoms with Crippen LogP contribution in [0.1, 0.15) is 18.7 Å². The third kappa shape index (κ3) is 4.60. The van der Waals surface area contributed by atoms with Crippen molar-refractivity contribution in [3.8, 4) is 5.75 Å². The maximum atomic E-state index is 12.2. The molecule has 1 saturated heterocycles. The number of nitrogens with one attached hydrogen (secondary N) is 2. The van der Waals surface area contributed by atoms with E-state index in [9.17, 15) is 9.59 Å². The summed E-state index contributed by atoms with van der Waals surface area (Å²) in [6, 6.07) is 14.7. The van der Waals surface area contributed by atoms with Gasteiger partial charge in [-0.15, -0.1) is 0 Å². The molecule has 1 aromatic heterocycles. The minimum absolute atomic E-state index is 0.0786. The van der Waals surface area contributed by atoms with Gasteiger partial charge in [-0.05, 0) is 43.2 Å². The van der Waals surface area contributed by atoms with E-state index in [0.29, 0.717) is 24.6 Å². The second-order valence-corrected chi connectivity index (χ2v) is 7.16. The van der Waals surface area contributed by atoms with Gasteiger partial charge >= 0.3 is 0 Å². The number of para-hydroxylation sites is 1. The van der Waals surface area contributed by atoms with Crippen molar-refractivity contribution in [2.75, 3.05) is 18.5 Å². The number of aryl methyl sites for hydroxylation is 1. The maximum absolute atomic E-state index is 12.2. The fraction of sp³-hybridized carbons (Fsp3) is 0.318. The summed E-state index contributed by atoms with van der Waals surface area (Å²) >= 11 is 0. The number of fused-ring (bicyclic) bond motifs is 1. The van der Waals surface area contributed by atoms with Crippen molar-refractivity contribution in [2.45, 2.75) is 25.5 Å². The van der Waals surface area contributed by atoms with E-state index in [1.54, 1.807) is 18.2 Å². The number of carbonyl (C=O) groups excluding carboxylic acids is 2. The average molecular weight is 408 g/mol. The fourth-order valence-electron chi connectivity index (χ4n) is 3.41. The van der Waals surface area contributed by atoms with Crippen LogP contribution in [0.25, 0.3) is 11.0 Å². The highest BCUT2D eigenvalue weighted by molar-refractivity contribution is 5.94. The van der Waals surface area contributed by atoms with E-state index < -0.39 is 0 Å². The lowest BCUT2D eigenvalue weighted by atomic mass is 10.2. The van der Waals surface area contributed by atoms with Crippen LogP contribution in [0.2, 0.25) is 0 Å². The number of benzene rings is 2. The van der Waals surface area contributed by atoms with Gasteiger partial charge < -0.3 is 24.7 Å². The minimum Gasteiger partial charge on any atom is -0.484 e. The molecule has 0 unspecified atom stereocenters. The van der Waals surface area contributed by atoms with E-state index in [0.717, 1.165) is 29.7 Å². The van der Waals surface area contributed by atoms with Crippen molar-refractivity contribution in [1.82, 2.24) is 14.9 Å². The van der Waals surface area contributed by atoms with Gasteiger partial charge in [0.1, 0.15) is 17.7 Å². The van der Waals surface area contributed by atoms with Gasteiger partial charge in [0.05, 0.1) is 17.6 Å². The lowest BCUT2D eigenvalue weighted by Gasteiger charge is -2.10. The first kappa shape index (κ1) is 19.9. The summed E-state index contributed by atoms with van der Waals surface area (Å²) in [5.41, 5.74) is 2.28. The Balaban J connectivity index is 1.37. The van der Waals surface area contributed by atoms with Gasteiger partial charge in [0.2, 0.25) is 5.91 Å². The molecule has 8 heteroatoms. The number of ether oxygens (including phenoxy) is 2. The van der Waals surface area contributed by atoms with Crippen molar-refractivity contribution in [2.24, 2.45) is 7.05 Å². The van der Waals surface area contributed by atoms with E-state index in [-0.39, 0.29) is 24.5 Å². The van der Waals surface area contributed by atoms with Gasteiger partial charge in [0.15, 0.2) is 6.61 Å². The molecule has 0 bridgehead atoms. The van der Waals surface area contributed by atoms with Crippen LogP contribution < -0.4 is 15.4 Å². The summed E-state index contributed by atoms with van der Waals surface area (Å²) in [6.07, 6.45) is 1.31. The van der Waals surface area contributed by atoms with Crippen molar-refractivity contribution in [3.05, 3.63) is 54.4 Å². The zero-order valence-corrected chi connectivity index (χ0v) is 16.8. The second-order valence-electron chi connectivity index (χ2n) is 7.16. The number of hydrogen-bond acceptors (Lipinski definition) is 5. The maximum Gasteiger partial charge on any atom is 0.262 e. The molecular weight excluding hydrogens is 384 g/mol. The third-order valence-electron chi connectivity index (χ3n) is 5.01. The van der Waals surface area contributed by atoms with Crippen LogP contribution in [0.3, 0.4) is 0 Å². The predicted octanol–water partition coefficient (Wildman–Crippen LogP) is 2.39. The molecule has 0 spiro atoms. The summed E-state index contributed by atoms with van der Waals surface area (Å²) < 4.78 is 12.8. The Kier molecular flexibility index (Phi) is 5.94. The molecule has 0 radical (unpaired) electrons. The molecule has 2 amide bonds. The SMILES string of the molecule is Cn1c(CNC(=O)[C@H]2CCCO2)nc2cc(NC(=O)COc3ccccc3)ccc21. The molecule has 1 atom stereocenters. The number of hydrogen-bond donors (Lipinski definition) is 2. The molecule has 3 aromatic rings. The van der Waals surface area contributed by atoms with E-state index >= 15 is 0 Å². The first-order chi connectivity index (χ1) is 14.6. The first-order valence-corrected chi connectivity index (χ1v) is 9.92. The van der Waals surface area contributed by atoms with Crippen LogP contribution in [0.4, 0.5) is 5.69 Å². The number of imidazole rings is 1. The van der Waals surface area contributed by atoms with Crippen molar-refractivity contribution in [1.29, 1.82) is 0 Å². The number of aromatic nitrogens is 2. The summed E-state index contributed by atoms with van der Waals surface area (Å²) in [6.45, 7) is 0.872. The van der Waals surface area contributed by atoms with E-state index in [1.807, 2.05) is 41.9 Å². The molecule has 2 heterocycles. The van der Waals surface area contributed by atoms with Gasteiger partial charge in [-0.25, -0.2) is 4.98 Å². The van der Waals surface area contributed by atoms with Gasteiger partial charge in [-0.3, -0.25) is 9.59 Å². The number of nitrogens with zero attached hydrogens (tertiary/aromatic N) is 2. The average Bonchev–Trinajstić information content (AvgIpc) is 3.40. The highest BCUT2D eigenvalue weighted by Gasteiger charge is 2.23. The van der Waals surface area contributed by atoms with Gasteiger partial charge in [0.25, 0.3) is 5.91 Å². The molecular formula is C22H24N4O4. The standard InChI is InChI=1S/C22H24N4O4/c1-26-18-10-9-15(24-21(27)14-30-16-6-3-2-4-7-16)12-17(18)25-20(26)13-23-22(28)19-8-5-11-29-19/h2-4,6-7,9-10,12,19H,5,8,11,13-14H2,1H3,(H,23,28)(H,24,27)/t19-/m1/s1. The van der Waals surface area contributed by atoms with E-state index in [1.165, 1.54) is 0 Å². The first-order valence-electron chi connectivity index (χ1n) is 9.92. The number of amides is 2. The normalized spacial score (nSPS) is 15.8. The highest BCUT2D eigenvalue weighted by Crippen LogP contribution is 2.20. The monoisotopic (exact) mass is 408 g/mol. The summed E-state index contributed by atoms with van der Waals surface area (Å²) in [7, 11) is 1.90. The zero-order valence-electron chi connectivity index (χ0n) is 16.8.